The number of aromatic carboxylic acids is 1. The molecule has 1 aliphatic heterocycles. The lowest BCUT2D eigenvalue weighted by Crippen LogP contribution is -2.46. The van der Waals surface area contributed by atoms with Gasteiger partial charge in [-0.3, -0.25) is 0 Å². The van der Waals surface area contributed by atoms with E-state index in [1.807, 2.05) is 0 Å². The Morgan fingerprint density at radius 2 is 2.04 bits per heavy atom. The second kappa shape index (κ2) is 7.01. The van der Waals surface area contributed by atoms with Crippen molar-refractivity contribution in [2.24, 2.45) is 0 Å². The Hall–Kier alpha value is -2.75. The number of aromatic nitrogens is 2. The van der Waals surface area contributed by atoms with Gasteiger partial charge in [0.25, 0.3) is 6.23 Å². The third-order valence-electron chi connectivity index (χ3n) is 3.90. The van der Waals surface area contributed by atoms with Crippen LogP contribution in [0.5, 0.6) is 0 Å². The van der Waals surface area contributed by atoms with Gasteiger partial charge in [0, 0.05) is 12.3 Å². The Labute approximate surface area is 142 Å². The molecular weight excluding hydrogens is 332 g/mol. The van der Waals surface area contributed by atoms with Crippen molar-refractivity contribution in [3.8, 4) is 0 Å². The average molecular weight is 349 g/mol. The van der Waals surface area contributed by atoms with Crippen molar-refractivity contribution in [1.82, 2.24) is 4.98 Å². The van der Waals surface area contributed by atoms with Gasteiger partial charge in [0.05, 0.1) is 0 Å². The molecule has 1 fully saturated rings. The highest BCUT2D eigenvalue weighted by molar-refractivity contribution is 5.87. The number of carboxylic acid groups (broad SMARTS) is 1. The minimum absolute atomic E-state index is 0.00872. The number of aromatic amines is 1. The Bertz CT molecular complexity index is 762. The first kappa shape index (κ1) is 17.1. The predicted octanol–water partition coefficient (Wildman–Crippen LogP) is -0.523. The SMILES string of the molecule is O=C(O)c1ccc[n+](C2OC(COC(=O)c3ccc[nH]3)C(O)C2O)c1. The summed E-state index contributed by atoms with van der Waals surface area (Å²) < 4.78 is 12.0. The van der Waals surface area contributed by atoms with Crippen LogP contribution in [-0.2, 0) is 9.47 Å². The van der Waals surface area contributed by atoms with Gasteiger partial charge < -0.3 is 29.8 Å². The normalized spacial score (nSPS) is 25.7. The average Bonchev–Trinajstić information content (AvgIpc) is 3.23. The summed E-state index contributed by atoms with van der Waals surface area (Å²) in [7, 11) is 0. The van der Waals surface area contributed by atoms with Gasteiger partial charge in [-0.05, 0) is 18.2 Å². The number of hydrogen-bond acceptors (Lipinski definition) is 6. The largest absolute Gasteiger partial charge is 0.477 e. The molecule has 0 radical (unpaired) electrons. The fourth-order valence-corrected chi connectivity index (χ4v) is 2.58. The Morgan fingerprint density at radius 3 is 2.72 bits per heavy atom. The van der Waals surface area contributed by atoms with E-state index in [9.17, 15) is 19.8 Å². The maximum absolute atomic E-state index is 11.8. The van der Waals surface area contributed by atoms with Crippen LogP contribution in [0.4, 0.5) is 0 Å². The van der Waals surface area contributed by atoms with Crippen molar-refractivity contribution in [2.75, 3.05) is 6.61 Å². The molecule has 0 aromatic carbocycles. The summed E-state index contributed by atoms with van der Waals surface area (Å²) >= 11 is 0. The number of rotatable bonds is 5. The van der Waals surface area contributed by atoms with Crippen LogP contribution in [0.25, 0.3) is 0 Å². The highest BCUT2D eigenvalue weighted by Crippen LogP contribution is 2.26. The molecule has 132 valence electrons. The van der Waals surface area contributed by atoms with Gasteiger partial charge in [0.1, 0.15) is 30.1 Å². The van der Waals surface area contributed by atoms with E-state index in [-0.39, 0.29) is 17.9 Å². The topological polar surface area (TPSA) is 133 Å². The summed E-state index contributed by atoms with van der Waals surface area (Å²) in [4.78, 5) is 25.5. The second-order valence-electron chi connectivity index (χ2n) is 5.57. The molecule has 9 heteroatoms. The van der Waals surface area contributed by atoms with Crippen LogP contribution < -0.4 is 4.57 Å². The number of hydrogen-bond donors (Lipinski definition) is 4. The van der Waals surface area contributed by atoms with Gasteiger partial charge in [0.2, 0.25) is 0 Å². The molecule has 3 heterocycles. The summed E-state index contributed by atoms with van der Waals surface area (Å²) in [5.74, 6) is -1.74. The van der Waals surface area contributed by atoms with Crippen LogP contribution >= 0.6 is 0 Å². The third-order valence-corrected chi connectivity index (χ3v) is 3.90. The number of esters is 1. The summed E-state index contributed by atoms with van der Waals surface area (Å²) in [6.45, 7) is -0.258. The number of ether oxygens (including phenoxy) is 2. The standard InChI is InChI=1S/C16H16N2O7/c19-12-11(8-24-16(23)10-4-1-5-17-10)25-14(13(12)20)18-6-2-3-9(7-18)15(21)22/h1-7,11-14,19-20H,8H2,(H-,17,21,22,23)/p+1. The maximum atomic E-state index is 11.8. The molecule has 1 aliphatic rings. The van der Waals surface area contributed by atoms with Gasteiger partial charge in [-0.1, -0.05) is 0 Å². The van der Waals surface area contributed by atoms with Crippen molar-refractivity contribution < 1.29 is 38.9 Å². The van der Waals surface area contributed by atoms with Crippen LogP contribution in [0.1, 0.15) is 27.1 Å². The zero-order valence-corrected chi connectivity index (χ0v) is 13.0. The lowest BCUT2D eigenvalue weighted by molar-refractivity contribution is -0.765. The Morgan fingerprint density at radius 1 is 1.24 bits per heavy atom. The van der Waals surface area contributed by atoms with Crippen LogP contribution in [0.2, 0.25) is 0 Å². The fraction of sp³-hybridized carbons (Fsp3) is 0.312. The van der Waals surface area contributed by atoms with Crippen LogP contribution in [0, 0.1) is 0 Å². The van der Waals surface area contributed by atoms with Crippen molar-refractivity contribution >= 4 is 11.9 Å². The highest BCUT2D eigenvalue weighted by Gasteiger charge is 2.48. The van der Waals surface area contributed by atoms with Crippen LogP contribution in [-0.4, -0.2) is 57.2 Å². The predicted molar refractivity (Wildman–Crippen MR) is 80.6 cm³/mol. The zero-order valence-electron chi connectivity index (χ0n) is 13.0. The molecule has 25 heavy (non-hydrogen) atoms. The van der Waals surface area contributed by atoms with E-state index in [1.54, 1.807) is 18.3 Å². The molecule has 2 aromatic heterocycles. The third kappa shape index (κ3) is 3.53. The number of aliphatic hydroxyl groups is 2. The molecule has 3 rings (SSSR count). The van der Waals surface area contributed by atoms with Crippen molar-refractivity contribution in [2.45, 2.75) is 24.5 Å². The molecule has 9 nitrogen and oxygen atoms in total. The van der Waals surface area contributed by atoms with E-state index in [0.29, 0.717) is 0 Å². The Balaban J connectivity index is 1.67. The Kier molecular flexibility index (Phi) is 4.79. The minimum atomic E-state index is -1.30. The number of carboxylic acids is 1. The molecule has 4 atom stereocenters. The molecule has 0 amide bonds. The molecule has 0 aliphatic carbocycles. The maximum Gasteiger partial charge on any atom is 0.354 e. The first-order valence-electron chi connectivity index (χ1n) is 7.53. The van der Waals surface area contributed by atoms with Crippen molar-refractivity contribution in [3.05, 3.63) is 54.1 Å². The van der Waals surface area contributed by atoms with E-state index in [2.05, 4.69) is 4.98 Å². The first-order chi connectivity index (χ1) is 12.0. The smallest absolute Gasteiger partial charge is 0.354 e. The van der Waals surface area contributed by atoms with E-state index in [1.165, 1.54) is 29.1 Å². The number of carbonyl (C=O) groups is 2. The summed E-state index contributed by atoms with van der Waals surface area (Å²) in [5.41, 5.74) is 0.266. The van der Waals surface area contributed by atoms with Crippen LogP contribution in [0.3, 0.4) is 0 Å². The highest BCUT2D eigenvalue weighted by atomic mass is 16.6. The molecule has 0 spiro atoms. The zero-order chi connectivity index (χ0) is 18.0. The number of nitrogens with zero attached hydrogens (tertiary/aromatic N) is 1. The fourth-order valence-electron chi connectivity index (χ4n) is 2.58. The number of nitrogens with one attached hydrogen (secondary N) is 1. The summed E-state index contributed by atoms with van der Waals surface area (Å²) in [5, 5.41) is 29.3. The number of aliphatic hydroxyl groups excluding tert-OH is 2. The van der Waals surface area contributed by atoms with E-state index in [4.69, 9.17) is 14.6 Å². The second-order valence-corrected chi connectivity index (χ2v) is 5.57. The summed E-state index contributed by atoms with van der Waals surface area (Å²) in [6.07, 6.45) is -0.158. The van der Waals surface area contributed by atoms with Crippen molar-refractivity contribution in [1.29, 1.82) is 0 Å². The number of pyridine rings is 1. The molecule has 4 unspecified atom stereocenters. The molecule has 0 bridgehead atoms. The number of carbonyl (C=O) groups excluding carboxylic acids is 1. The van der Waals surface area contributed by atoms with Gasteiger partial charge >= 0.3 is 11.9 Å². The number of H-pyrrole nitrogens is 1. The van der Waals surface area contributed by atoms with E-state index < -0.39 is 36.5 Å². The molecule has 2 aromatic rings. The lowest BCUT2D eigenvalue weighted by Gasteiger charge is -2.13. The van der Waals surface area contributed by atoms with Gasteiger partial charge in [-0.15, -0.1) is 0 Å². The lowest BCUT2D eigenvalue weighted by atomic mass is 10.1. The van der Waals surface area contributed by atoms with Gasteiger partial charge in [-0.2, -0.15) is 4.57 Å². The van der Waals surface area contributed by atoms with E-state index >= 15 is 0 Å². The molecular formula is C16H17N2O7+. The van der Waals surface area contributed by atoms with Gasteiger partial charge in [-0.25, -0.2) is 9.59 Å². The summed E-state index contributed by atoms with van der Waals surface area (Å²) in [6, 6.07) is 6.07. The van der Waals surface area contributed by atoms with E-state index in [0.717, 1.165) is 0 Å². The monoisotopic (exact) mass is 349 g/mol. The molecule has 4 N–H and O–H groups in total. The molecule has 0 saturated carbocycles. The quantitative estimate of drug-likeness (QED) is 0.421. The van der Waals surface area contributed by atoms with Crippen molar-refractivity contribution in [3.63, 3.8) is 0 Å². The van der Waals surface area contributed by atoms with Crippen LogP contribution in [0.15, 0.2) is 42.9 Å². The first-order valence-corrected chi connectivity index (χ1v) is 7.53. The minimum Gasteiger partial charge on any atom is -0.477 e. The van der Waals surface area contributed by atoms with Gasteiger partial charge in [0.15, 0.2) is 18.5 Å². The molecule has 1 saturated heterocycles.